The number of rotatable bonds is 5. The lowest BCUT2D eigenvalue weighted by molar-refractivity contribution is 0.0470. The number of aromatic nitrogens is 1. The van der Waals surface area contributed by atoms with E-state index in [2.05, 4.69) is 37.9 Å². The minimum absolute atomic E-state index is 0.0631. The summed E-state index contributed by atoms with van der Waals surface area (Å²) in [6, 6.07) is 4.31. The van der Waals surface area contributed by atoms with E-state index >= 15 is 0 Å². The van der Waals surface area contributed by atoms with Gasteiger partial charge in [0.25, 0.3) is 0 Å². The first-order chi connectivity index (χ1) is 13.0. The Bertz CT molecular complexity index is 877. The lowest BCUT2D eigenvalue weighted by Gasteiger charge is -2.22. The smallest absolute Gasteiger partial charge is 0.355 e. The number of carbonyl (C=O) groups is 2. The Morgan fingerprint density at radius 2 is 1.54 bits per heavy atom. The molecule has 1 aromatic carbocycles. The van der Waals surface area contributed by atoms with Crippen molar-refractivity contribution in [2.45, 2.75) is 67.4 Å². The summed E-state index contributed by atoms with van der Waals surface area (Å²) in [7, 11) is 0. The van der Waals surface area contributed by atoms with Crippen LogP contribution in [0.1, 0.15) is 82.1 Å². The fourth-order valence-corrected chi connectivity index (χ4v) is 3.33. The first-order valence-electron chi connectivity index (χ1n) is 9.61. The van der Waals surface area contributed by atoms with E-state index < -0.39 is 11.9 Å². The van der Waals surface area contributed by atoms with Crippen LogP contribution in [0.4, 0.5) is 0 Å². The Labute approximate surface area is 167 Å². The van der Waals surface area contributed by atoms with Crippen molar-refractivity contribution in [2.24, 2.45) is 0 Å². The number of benzene rings is 1. The van der Waals surface area contributed by atoms with Crippen LogP contribution in [0.2, 0.25) is 0 Å². The summed E-state index contributed by atoms with van der Waals surface area (Å²) < 4.78 is 10.6. The van der Waals surface area contributed by atoms with E-state index in [1.54, 1.807) is 20.8 Å². The van der Waals surface area contributed by atoms with Crippen molar-refractivity contribution in [2.75, 3.05) is 6.61 Å². The Balaban J connectivity index is 2.23. The Morgan fingerprint density at radius 3 is 2.04 bits per heavy atom. The number of aryl methyl sites for hydroxylation is 3. The summed E-state index contributed by atoms with van der Waals surface area (Å²) in [6.45, 7) is 16.3. The molecular weight excluding hydrogens is 354 g/mol. The number of nitrogens with one attached hydrogen (secondary N) is 1. The van der Waals surface area contributed by atoms with Gasteiger partial charge in [0.2, 0.25) is 0 Å². The molecule has 28 heavy (non-hydrogen) atoms. The summed E-state index contributed by atoms with van der Waals surface area (Å²) in [6.07, 6.45) is 0. The molecule has 5 nitrogen and oxygen atoms in total. The fraction of sp³-hybridized carbons (Fsp3) is 0.478. The third-order valence-corrected chi connectivity index (χ3v) is 5.03. The van der Waals surface area contributed by atoms with Crippen molar-refractivity contribution in [3.8, 4) is 0 Å². The van der Waals surface area contributed by atoms with Gasteiger partial charge in [-0.2, -0.15) is 0 Å². The van der Waals surface area contributed by atoms with Crippen molar-refractivity contribution in [3.05, 3.63) is 56.9 Å². The molecule has 0 atom stereocenters. The van der Waals surface area contributed by atoms with E-state index in [1.165, 1.54) is 5.56 Å². The number of H-pyrrole nitrogens is 1. The molecule has 0 aliphatic rings. The van der Waals surface area contributed by atoms with Crippen LogP contribution in [-0.4, -0.2) is 23.5 Å². The quantitative estimate of drug-likeness (QED) is 0.729. The normalized spacial score (nSPS) is 11.4. The molecule has 0 fully saturated rings. The zero-order valence-corrected chi connectivity index (χ0v) is 18.2. The maximum absolute atomic E-state index is 12.7. The molecule has 0 aliphatic carbocycles. The van der Waals surface area contributed by atoms with Gasteiger partial charge >= 0.3 is 11.9 Å². The van der Waals surface area contributed by atoms with E-state index in [4.69, 9.17) is 9.47 Å². The van der Waals surface area contributed by atoms with Crippen LogP contribution in [0.5, 0.6) is 0 Å². The average Bonchev–Trinajstić information content (AvgIpc) is 2.87. The Hall–Kier alpha value is -2.56. The standard InChI is InChI=1S/C23H31NO4/c1-9-27-22(26)20-15(4)19(16(5)24-20)21(25)28-12-18-13(2)10-17(11-14(18)3)23(6,7)8/h10-11,24H,9,12H2,1-8H3. The second-order valence-electron chi connectivity index (χ2n) is 8.26. The molecule has 1 N–H and O–H groups in total. The molecule has 1 aromatic heterocycles. The van der Waals surface area contributed by atoms with Crippen LogP contribution < -0.4 is 0 Å². The van der Waals surface area contributed by atoms with Crippen LogP contribution >= 0.6 is 0 Å². The van der Waals surface area contributed by atoms with Gasteiger partial charge in [-0.3, -0.25) is 0 Å². The molecule has 0 bridgehead atoms. The molecule has 2 rings (SSSR count). The van der Waals surface area contributed by atoms with Gasteiger partial charge < -0.3 is 14.5 Å². The maximum Gasteiger partial charge on any atom is 0.355 e. The van der Waals surface area contributed by atoms with E-state index in [0.29, 0.717) is 22.5 Å². The largest absolute Gasteiger partial charge is 0.461 e. The highest BCUT2D eigenvalue weighted by atomic mass is 16.5. The predicted octanol–water partition coefficient (Wildman–Crippen LogP) is 5.08. The first-order valence-corrected chi connectivity index (χ1v) is 9.61. The summed E-state index contributed by atoms with van der Waals surface area (Å²) >= 11 is 0. The molecule has 5 heteroatoms. The van der Waals surface area contributed by atoms with Gasteiger partial charge in [-0.15, -0.1) is 0 Å². The zero-order chi connectivity index (χ0) is 21.2. The third-order valence-electron chi connectivity index (χ3n) is 5.03. The monoisotopic (exact) mass is 385 g/mol. The summed E-state index contributed by atoms with van der Waals surface area (Å²) in [5.74, 6) is -0.910. The van der Waals surface area contributed by atoms with Gasteiger partial charge in [0, 0.05) is 5.69 Å². The van der Waals surface area contributed by atoms with Crippen LogP contribution in [-0.2, 0) is 21.5 Å². The number of aromatic amines is 1. The molecule has 0 saturated carbocycles. The number of ether oxygens (including phenoxy) is 2. The lowest BCUT2D eigenvalue weighted by atomic mass is 9.84. The molecule has 2 aromatic rings. The van der Waals surface area contributed by atoms with Gasteiger partial charge in [-0.25, -0.2) is 9.59 Å². The molecule has 152 valence electrons. The van der Waals surface area contributed by atoms with Crippen LogP contribution in [0.15, 0.2) is 12.1 Å². The van der Waals surface area contributed by atoms with Crippen LogP contribution in [0, 0.1) is 27.7 Å². The second-order valence-corrected chi connectivity index (χ2v) is 8.26. The van der Waals surface area contributed by atoms with E-state index in [-0.39, 0.29) is 18.6 Å². The number of esters is 2. The molecule has 0 spiro atoms. The van der Waals surface area contributed by atoms with Crippen molar-refractivity contribution in [1.29, 1.82) is 0 Å². The minimum atomic E-state index is -0.466. The summed E-state index contributed by atoms with van der Waals surface area (Å²) in [5.41, 5.74) is 6.39. The van der Waals surface area contributed by atoms with Gasteiger partial charge in [0.05, 0.1) is 12.2 Å². The molecule has 0 aliphatic heterocycles. The molecule has 1 heterocycles. The Kier molecular flexibility index (Phi) is 6.37. The minimum Gasteiger partial charge on any atom is -0.461 e. The van der Waals surface area contributed by atoms with Crippen molar-refractivity contribution >= 4 is 11.9 Å². The van der Waals surface area contributed by atoms with Crippen LogP contribution in [0.25, 0.3) is 0 Å². The number of hydrogen-bond acceptors (Lipinski definition) is 4. The topological polar surface area (TPSA) is 68.4 Å². The second kappa shape index (κ2) is 8.21. The van der Waals surface area contributed by atoms with Gasteiger partial charge in [-0.05, 0) is 67.9 Å². The summed E-state index contributed by atoms with van der Waals surface area (Å²) in [5, 5.41) is 0. The third kappa shape index (κ3) is 4.46. The van der Waals surface area contributed by atoms with Gasteiger partial charge in [0.1, 0.15) is 12.3 Å². The van der Waals surface area contributed by atoms with E-state index in [1.807, 2.05) is 13.8 Å². The number of carbonyl (C=O) groups excluding carboxylic acids is 2. The highest BCUT2D eigenvalue weighted by Crippen LogP contribution is 2.28. The fourth-order valence-electron chi connectivity index (χ4n) is 3.33. The Morgan fingerprint density at radius 1 is 0.964 bits per heavy atom. The average molecular weight is 386 g/mol. The predicted molar refractivity (Wildman–Crippen MR) is 110 cm³/mol. The van der Waals surface area contributed by atoms with Gasteiger partial charge in [-0.1, -0.05) is 32.9 Å². The molecule has 0 radical (unpaired) electrons. The first kappa shape index (κ1) is 21.7. The van der Waals surface area contributed by atoms with Crippen molar-refractivity contribution in [3.63, 3.8) is 0 Å². The lowest BCUT2D eigenvalue weighted by Crippen LogP contribution is -2.14. The SMILES string of the molecule is CCOC(=O)c1[nH]c(C)c(C(=O)OCc2c(C)cc(C(C)(C)C)cc2C)c1C. The van der Waals surface area contributed by atoms with E-state index in [9.17, 15) is 9.59 Å². The molecule has 0 unspecified atom stereocenters. The van der Waals surface area contributed by atoms with E-state index in [0.717, 1.165) is 16.7 Å². The molecule has 0 amide bonds. The van der Waals surface area contributed by atoms with Gasteiger partial charge in [0.15, 0.2) is 0 Å². The molecule has 0 saturated heterocycles. The zero-order valence-electron chi connectivity index (χ0n) is 18.2. The van der Waals surface area contributed by atoms with Crippen molar-refractivity contribution in [1.82, 2.24) is 4.98 Å². The highest BCUT2D eigenvalue weighted by molar-refractivity contribution is 5.98. The highest BCUT2D eigenvalue weighted by Gasteiger charge is 2.24. The maximum atomic E-state index is 12.7. The summed E-state index contributed by atoms with van der Waals surface area (Å²) in [4.78, 5) is 27.7. The molecular formula is C23H31NO4. The number of hydrogen-bond donors (Lipinski definition) is 1. The van der Waals surface area contributed by atoms with Crippen LogP contribution in [0.3, 0.4) is 0 Å². The van der Waals surface area contributed by atoms with Crippen molar-refractivity contribution < 1.29 is 19.1 Å².